The van der Waals surface area contributed by atoms with Crippen molar-refractivity contribution in [3.63, 3.8) is 0 Å². The SMILES string of the molecule is CC1(C)C(=O)CC[C@]2(C)[C@H]3CC[C@@H]4[C@H]5[C@H](N=CON=[N+]=[N-])CC[C@]5(C(=O)OCc5ccccc5)CC[C@@]4(C)[C@]3(C)CC[C@@H]12. The molecule has 0 heterocycles. The summed E-state index contributed by atoms with van der Waals surface area (Å²) in [7, 11) is 0. The van der Waals surface area contributed by atoms with E-state index in [1.807, 2.05) is 30.3 Å². The number of benzene rings is 1. The first-order valence-electron chi connectivity index (χ1n) is 16.4. The van der Waals surface area contributed by atoms with Crippen molar-refractivity contribution in [1.29, 1.82) is 0 Å². The number of nitrogens with zero attached hydrogens (tertiary/aromatic N) is 4. The highest BCUT2D eigenvalue weighted by Gasteiger charge is 2.72. The fourth-order valence-corrected chi connectivity index (χ4v) is 11.9. The minimum atomic E-state index is -0.580. The summed E-state index contributed by atoms with van der Waals surface area (Å²) in [4.78, 5) is 39.7. The monoisotopic (exact) mass is 588 g/mol. The number of hydrogen-bond donors (Lipinski definition) is 0. The van der Waals surface area contributed by atoms with E-state index in [-0.39, 0.29) is 46.2 Å². The summed E-state index contributed by atoms with van der Waals surface area (Å²) in [6.45, 7) is 12.2. The lowest BCUT2D eigenvalue weighted by molar-refractivity contribution is -0.234. The van der Waals surface area contributed by atoms with Crippen LogP contribution in [0.1, 0.15) is 104 Å². The van der Waals surface area contributed by atoms with Gasteiger partial charge in [0.1, 0.15) is 17.7 Å². The van der Waals surface area contributed by atoms with E-state index in [9.17, 15) is 9.59 Å². The van der Waals surface area contributed by atoms with Crippen LogP contribution in [0.2, 0.25) is 0 Å². The van der Waals surface area contributed by atoms with Gasteiger partial charge in [-0.3, -0.25) is 14.6 Å². The summed E-state index contributed by atoms with van der Waals surface area (Å²) < 4.78 is 6.11. The quantitative estimate of drug-likeness (QED) is 0.0631. The third-order valence-electron chi connectivity index (χ3n) is 14.1. The summed E-state index contributed by atoms with van der Waals surface area (Å²) in [5.41, 5.74) is 9.10. The maximum atomic E-state index is 14.2. The molecule has 0 amide bonds. The molecule has 0 bridgehead atoms. The van der Waals surface area contributed by atoms with Gasteiger partial charge >= 0.3 is 5.97 Å². The highest BCUT2D eigenvalue weighted by atomic mass is 16.6. The molecule has 1 aromatic carbocycles. The second-order valence-corrected chi connectivity index (χ2v) is 15.7. The van der Waals surface area contributed by atoms with E-state index in [0.29, 0.717) is 30.0 Å². The first-order chi connectivity index (χ1) is 20.4. The molecule has 5 fully saturated rings. The van der Waals surface area contributed by atoms with Crippen LogP contribution in [0.3, 0.4) is 0 Å². The van der Waals surface area contributed by atoms with Gasteiger partial charge in [0.15, 0.2) is 6.40 Å². The Kier molecular flexibility index (Phi) is 7.47. The van der Waals surface area contributed by atoms with Gasteiger partial charge < -0.3 is 9.57 Å². The second kappa shape index (κ2) is 10.6. The van der Waals surface area contributed by atoms with E-state index >= 15 is 0 Å². The van der Waals surface area contributed by atoms with Crippen LogP contribution in [-0.2, 0) is 25.8 Å². The Balaban J connectivity index is 1.34. The third kappa shape index (κ3) is 4.37. The molecule has 8 nitrogen and oxygen atoms in total. The number of Topliss-reactive ketones (excluding diaryl/α,β-unsaturated/α-hetero) is 1. The zero-order valence-electron chi connectivity index (χ0n) is 26.6. The van der Waals surface area contributed by atoms with Crippen LogP contribution in [0.5, 0.6) is 0 Å². The number of azide groups is 1. The number of hydrogen-bond acceptors (Lipinski definition) is 6. The Hall–Kier alpha value is -2.86. The number of carbonyl (C=O) groups excluding carboxylic acids is 2. The van der Waals surface area contributed by atoms with Gasteiger partial charge in [-0.05, 0) is 103 Å². The van der Waals surface area contributed by atoms with Crippen molar-refractivity contribution in [1.82, 2.24) is 0 Å². The van der Waals surface area contributed by atoms with E-state index in [2.05, 4.69) is 44.8 Å². The molecular formula is C35H48N4O4. The molecule has 43 heavy (non-hydrogen) atoms. The van der Waals surface area contributed by atoms with Gasteiger partial charge in [0.05, 0.1) is 11.5 Å². The topological polar surface area (TPSA) is 114 Å². The molecule has 0 unspecified atom stereocenters. The zero-order chi connectivity index (χ0) is 30.7. The van der Waals surface area contributed by atoms with Gasteiger partial charge in [-0.2, -0.15) is 0 Å². The Morgan fingerprint density at radius 1 is 0.953 bits per heavy atom. The molecule has 1 aromatic rings. The Morgan fingerprint density at radius 2 is 1.72 bits per heavy atom. The first kappa shape index (κ1) is 30.2. The molecule has 0 aromatic heterocycles. The zero-order valence-corrected chi connectivity index (χ0v) is 26.6. The van der Waals surface area contributed by atoms with Crippen LogP contribution in [0.25, 0.3) is 10.4 Å². The van der Waals surface area contributed by atoms with E-state index in [1.165, 1.54) is 6.40 Å². The normalized spacial score (nSPS) is 43.0. The number of fused-ring (bicyclic) bond motifs is 7. The molecule has 8 heteroatoms. The van der Waals surface area contributed by atoms with Gasteiger partial charge in [0.2, 0.25) is 0 Å². The van der Waals surface area contributed by atoms with Crippen LogP contribution < -0.4 is 0 Å². The third-order valence-corrected chi connectivity index (χ3v) is 14.1. The summed E-state index contributed by atoms with van der Waals surface area (Å²) in [5, 5.41) is 3.19. The highest BCUT2D eigenvalue weighted by Crippen LogP contribution is 2.76. The van der Waals surface area contributed by atoms with Crippen molar-refractivity contribution in [2.24, 2.45) is 61.0 Å². The van der Waals surface area contributed by atoms with Gasteiger partial charge in [-0.25, -0.2) is 0 Å². The van der Waals surface area contributed by atoms with Crippen LogP contribution in [0, 0.1) is 50.7 Å². The lowest BCUT2D eigenvalue weighted by atomic mass is 9.32. The fourth-order valence-electron chi connectivity index (χ4n) is 11.9. The predicted molar refractivity (Wildman–Crippen MR) is 164 cm³/mol. The number of aliphatic imine (C=N–C) groups is 1. The minimum Gasteiger partial charge on any atom is -0.460 e. The minimum absolute atomic E-state index is 0.0349. The molecule has 232 valence electrons. The molecular weight excluding hydrogens is 540 g/mol. The predicted octanol–water partition coefficient (Wildman–Crippen LogP) is 8.40. The van der Waals surface area contributed by atoms with Crippen LogP contribution in [-0.4, -0.2) is 24.2 Å². The van der Waals surface area contributed by atoms with E-state index in [1.54, 1.807) is 0 Å². The standard InChI is InChI=1S/C35H48N4O4/c1-31(2)26-14-17-34(5)27(32(26,3)16-15-28(31)40)12-11-24-29-25(37-22-43-39-38-36)13-18-35(29,20-19-33(24,34)4)30(41)42-21-23-9-7-6-8-10-23/h6-10,22,24-27,29H,11-21H2,1-5H3/t24-,25-,26+,27-,29+,32+,33-,34-,35+/m1/s1. The number of esters is 1. The van der Waals surface area contributed by atoms with Crippen LogP contribution in [0.4, 0.5) is 0 Å². The molecule has 0 spiro atoms. The molecule has 5 aliphatic rings. The molecule has 5 saturated carbocycles. The van der Waals surface area contributed by atoms with Gasteiger partial charge in [0.25, 0.3) is 0 Å². The van der Waals surface area contributed by atoms with Crippen molar-refractivity contribution >= 4 is 18.2 Å². The number of rotatable bonds is 6. The molecule has 5 aliphatic carbocycles. The average molecular weight is 589 g/mol. The average Bonchev–Trinajstić information content (AvgIpc) is 3.37. The van der Waals surface area contributed by atoms with Gasteiger partial charge in [0, 0.05) is 22.7 Å². The molecule has 0 N–H and O–H groups in total. The number of ketones is 1. The van der Waals surface area contributed by atoms with Crippen molar-refractivity contribution in [3.8, 4) is 0 Å². The molecule has 0 saturated heterocycles. The van der Waals surface area contributed by atoms with Gasteiger partial charge in [-0.15, -0.1) is 0 Å². The molecule has 6 rings (SSSR count). The van der Waals surface area contributed by atoms with Crippen molar-refractivity contribution in [3.05, 3.63) is 46.3 Å². The molecule has 0 aliphatic heterocycles. The smallest absolute Gasteiger partial charge is 0.312 e. The summed E-state index contributed by atoms with van der Waals surface area (Å²) >= 11 is 0. The van der Waals surface area contributed by atoms with Crippen LogP contribution >= 0.6 is 0 Å². The number of carbonyl (C=O) groups is 2. The van der Waals surface area contributed by atoms with E-state index in [4.69, 9.17) is 20.1 Å². The summed E-state index contributed by atoms with van der Waals surface area (Å²) in [5.74, 6) is 1.65. The number of ether oxygens (including phenoxy) is 1. The van der Waals surface area contributed by atoms with E-state index < -0.39 is 5.41 Å². The lowest BCUT2D eigenvalue weighted by Gasteiger charge is -2.72. The lowest BCUT2D eigenvalue weighted by Crippen LogP contribution is -2.67. The summed E-state index contributed by atoms with van der Waals surface area (Å²) in [6.07, 6.45) is 10.6. The summed E-state index contributed by atoms with van der Waals surface area (Å²) in [6, 6.07) is 9.80. The maximum absolute atomic E-state index is 14.2. The van der Waals surface area contributed by atoms with E-state index in [0.717, 1.165) is 63.4 Å². The van der Waals surface area contributed by atoms with Crippen LogP contribution in [0.15, 0.2) is 40.6 Å². The van der Waals surface area contributed by atoms with Crippen molar-refractivity contribution in [2.45, 2.75) is 111 Å². The largest absolute Gasteiger partial charge is 0.460 e. The Bertz CT molecular complexity index is 1340. The van der Waals surface area contributed by atoms with Crippen molar-refractivity contribution in [2.75, 3.05) is 0 Å². The Labute approximate surface area is 256 Å². The maximum Gasteiger partial charge on any atom is 0.312 e. The van der Waals surface area contributed by atoms with Crippen molar-refractivity contribution < 1.29 is 19.2 Å². The van der Waals surface area contributed by atoms with Gasteiger partial charge in [-0.1, -0.05) is 65.0 Å². The second-order valence-electron chi connectivity index (χ2n) is 15.7. The fraction of sp³-hybridized carbons (Fsp3) is 0.743. The molecule has 0 radical (unpaired) electrons. The first-order valence-corrected chi connectivity index (χ1v) is 16.4. The molecule has 9 atom stereocenters. The Morgan fingerprint density at radius 3 is 2.47 bits per heavy atom. The highest BCUT2D eigenvalue weighted by molar-refractivity contribution is 5.85.